The van der Waals surface area contributed by atoms with E-state index in [0.717, 1.165) is 22.9 Å². The van der Waals surface area contributed by atoms with Gasteiger partial charge in [-0.2, -0.15) is 0 Å². The molecule has 3 aromatic rings. The third kappa shape index (κ3) is 3.30. The first kappa shape index (κ1) is 17.6. The van der Waals surface area contributed by atoms with Crippen LogP contribution in [-0.2, 0) is 17.8 Å². The predicted molar refractivity (Wildman–Crippen MR) is 106 cm³/mol. The van der Waals surface area contributed by atoms with E-state index in [1.807, 2.05) is 18.2 Å². The second-order valence-corrected chi connectivity index (χ2v) is 7.22. The van der Waals surface area contributed by atoms with Gasteiger partial charge in [0, 0.05) is 41.7 Å². The van der Waals surface area contributed by atoms with Crippen molar-refractivity contribution in [2.75, 3.05) is 6.54 Å². The maximum atomic E-state index is 12.9. The molecule has 0 saturated carbocycles. The molecule has 0 radical (unpaired) electrons. The molecule has 4 rings (SSSR count). The number of H-pyrrole nitrogens is 1. The molecule has 27 heavy (non-hydrogen) atoms. The summed E-state index contributed by atoms with van der Waals surface area (Å²) < 4.78 is 0. The highest BCUT2D eigenvalue weighted by Gasteiger charge is 2.28. The lowest BCUT2D eigenvalue weighted by atomic mass is 10.0. The number of hydrogen-bond donors (Lipinski definition) is 2. The summed E-state index contributed by atoms with van der Waals surface area (Å²) in [6, 6.07) is 14.3. The predicted octanol–water partition coefficient (Wildman–Crippen LogP) is 3.52. The maximum absolute atomic E-state index is 12.9. The van der Waals surface area contributed by atoms with Gasteiger partial charge in [-0.1, -0.05) is 41.9 Å². The van der Waals surface area contributed by atoms with Crippen molar-refractivity contribution in [1.29, 1.82) is 0 Å². The number of amides is 2. The van der Waals surface area contributed by atoms with Crippen molar-refractivity contribution in [3.8, 4) is 0 Å². The molecule has 0 spiro atoms. The summed E-state index contributed by atoms with van der Waals surface area (Å²) in [5.74, 6) is -0.433. The normalized spacial score (nSPS) is 14.7. The summed E-state index contributed by atoms with van der Waals surface area (Å²) in [7, 11) is 0. The molecule has 6 heteroatoms. The molecule has 0 fully saturated rings. The topological polar surface area (TPSA) is 65.2 Å². The van der Waals surface area contributed by atoms with Crippen LogP contribution in [0.4, 0.5) is 0 Å². The van der Waals surface area contributed by atoms with Crippen LogP contribution in [0.5, 0.6) is 0 Å². The Morgan fingerprint density at radius 2 is 1.89 bits per heavy atom. The number of fused-ring (bicyclic) bond motifs is 3. The molecular weight excluding hydrogens is 362 g/mol. The van der Waals surface area contributed by atoms with E-state index in [1.165, 1.54) is 5.69 Å². The molecule has 0 aliphatic carbocycles. The van der Waals surface area contributed by atoms with E-state index < -0.39 is 6.04 Å². The van der Waals surface area contributed by atoms with Gasteiger partial charge in [-0.05, 0) is 25.1 Å². The Morgan fingerprint density at radius 1 is 1.15 bits per heavy atom. The molecule has 0 saturated heterocycles. The zero-order valence-corrected chi connectivity index (χ0v) is 15.7. The van der Waals surface area contributed by atoms with Crippen LogP contribution in [0.2, 0.25) is 5.02 Å². The molecule has 2 aromatic carbocycles. The van der Waals surface area contributed by atoms with E-state index in [4.69, 9.17) is 11.6 Å². The minimum absolute atomic E-state index is 0.0914. The summed E-state index contributed by atoms with van der Waals surface area (Å²) in [6.45, 7) is 2.89. The maximum Gasteiger partial charge on any atom is 0.253 e. The molecule has 1 aromatic heterocycles. The fourth-order valence-corrected chi connectivity index (χ4v) is 3.83. The van der Waals surface area contributed by atoms with Crippen LogP contribution in [0.1, 0.15) is 28.5 Å². The summed E-state index contributed by atoms with van der Waals surface area (Å²) in [4.78, 5) is 30.6. The lowest BCUT2D eigenvalue weighted by Gasteiger charge is -2.30. The number of aromatic nitrogens is 1. The molecule has 1 aliphatic heterocycles. The van der Waals surface area contributed by atoms with E-state index in [-0.39, 0.29) is 11.8 Å². The first-order valence-corrected chi connectivity index (χ1v) is 9.35. The van der Waals surface area contributed by atoms with Gasteiger partial charge in [0.05, 0.1) is 10.6 Å². The highest BCUT2D eigenvalue weighted by molar-refractivity contribution is 6.33. The number of benzene rings is 2. The molecule has 2 amide bonds. The highest BCUT2D eigenvalue weighted by atomic mass is 35.5. The summed E-state index contributed by atoms with van der Waals surface area (Å²) in [5, 5.41) is 4.29. The van der Waals surface area contributed by atoms with Crippen LogP contribution in [0.25, 0.3) is 10.9 Å². The summed E-state index contributed by atoms with van der Waals surface area (Å²) >= 11 is 6.07. The van der Waals surface area contributed by atoms with Gasteiger partial charge in [0.25, 0.3) is 5.91 Å². The molecule has 1 unspecified atom stereocenters. The monoisotopic (exact) mass is 381 g/mol. The van der Waals surface area contributed by atoms with E-state index in [2.05, 4.69) is 16.4 Å². The molecule has 138 valence electrons. The Bertz CT molecular complexity index is 1030. The largest absolute Gasteiger partial charge is 0.358 e. The average Bonchev–Trinajstić information content (AvgIpc) is 3.05. The van der Waals surface area contributed by atoms with Crippen molar-refractivity contribution in [2.24, 2.45) is 0 Å². The molecule has 5 nitrogen and oxygen atoms in total. The van der Waals surface area contributed by atoms with Gasteiger partial charge in [-0.3, -0.25) is 9.59 Å². The number of para-hydroxylation sites is 1. The fourth-order valence-electron chi connectivity index (χ4n) is 3.61. The quantitative estimate of drug-likeness (QED) is 0.729. The van der Waals surface area contributed by atoms with Gasteiger partial charge in [0.15, 0.2) is 0 Å². The third-order valence-electron chi connectivity index (χ3n) is 5.03. The number of aromatic amines is 1. The number of carbonyl (C=O) groups excluding carboxylic acids is 2. The first-order chi connectivity index (χ1) is 13.0. The Morgan fingerprint density at radius 3 is 2.70 bits per heavy atom. The van der Waals surface area contributed by atoms with Crippen LogP contribution < -0.4 is 5.32 Å². The van der Waals surface area contributed by atoms with Gasteiger partial charge < -0.3 is 15.2 Å². The zero-order chi connectivity index (χ0) is 19.0. The number of hydrogen-bond acceptors (Lipinski definition) is 2. The van der Waals surface area contributed by atoms with Crippen molar-refractivity contribution in [2.45, 2.75) is 25.9 Å². The third-order valence-corrected chi connectivity index (χ3v) is 5.36. The molecule has 0 bridgehead atoms. The number of nitrogens with zero attached hydrogens (tertiary/aromatic N) is 1. The number of nitrogens with one attached hydrogen (secondary N) is 2. The van der Waals surface area contributed by atoms with Crippen molar-refractivity contribution in [1.82, 2.24) is 15.2 Å². The Balaban J connectivity index is 1.48. The Kier molecular flexibility index (Phi) is 4.62. The average molecular weight is 382 g/mol. The van der Waals surface area contributed by atoms with E-state index in [9.17, 15) is 9.59 Å². The van der Waals surface area contributed by atoms with E-state index in [0.29, 0.717) is 23.7 Å². The molecule has 1 aliphatic rings. The number of halogens is 1. The van der Waals surface area contributed by atoms with Crippen LogP contribution in [0.15, 0.2) is 48.5 Å². The highest BCUT2D eigenvalue weighted by Crippen LogP contribution is 2.27. The lowest BCUT2D eigenvalue weighted by Crippen LogP contribution is -2.48. The first-order valence-electron chi connectivity index (χ1n) is 8.97. The van der Waals surface area contributed by atoms with Gasteiger partial charge in [0.2, 0.25) is 5.91 Å². The number of rotatable bonds is 3. The van der Waals surface area contributed by atoms with Crippen LogP contribution in [0.3, 0.4) is 0 Å². The Labute approximate surface area is 162 Å². The molecule has 2 N–H and O–H groups in total. The lowest BCUT2D eigenvalue weighted by molar-refractivity contribution is -0.133. The van der Waals surface area contributed by atoms with Gasteiger partial charge >= 0.3 is 0 Å². The standard InChI is InChI=1S/C21H20ClN3O2/c1-13(23-20(26)15-7-2-4-8-17(15)22)21(27)25-11-10-19-16(12-25)14-6-3-5-9-18(14)24-19/h2-9,13,24H,10-12H2,1H3,(H,23,26). The summed E-state index contributed by atoms with van der Waals surface area (Å²) in [6.07, 6.45) is 0.779. The second-order valence-electron chi connectivity index (χ2n) is 6.81. The second kappa shape index (κ2) is 7.08. The van der Waals surface area contributed by atoms with E-state index in [1.54, 1.807) is 36.1 Å². The van der Waals surface area contributed by atoms with Gasteiger partial charge in [-0.15, -0.1) is 0 Å². The fraction of sp³-hybridized carbons (Fsp3) is 0.238. The SMILES string of the molecule is CC(NC(=O)c1ccccc1Cl)C(=O)N1CCc2[nH]c3ccccc3c2C1. The van der Waals surface area contributed by atoms with Gasteiger partial charge in [0.1, 0.15) is 6.04 Å². The molecular formula is C21H20ClN3O2. The minimum Gasteiger partial charge on any atom is -0.358 e. The zero-order valence-electron chi connectivity index (χ0n) is 15.0. The van der Waals surface area contributed by atoms with Crippen LogP contribution >= 0.6 is 11.6 Å². The molecule has 2 heterocycles. The van der Waals surface area contributed by atoms with Crippen LogP contribution in [0, 0.1) is 0 Å². The van der Waals surface area contributed by atoms with Crippen LogP contribution in [-0.4, -0.2) is 34.3 Å². The van der Waals surface area contributed by atoms with E-state index >= 15 is 0 Å². The van der Waals surface area contributed by atoms with Crippen molar-refractivity contribution >= 4 is 34.3 Å². The Hall–Kier alpha value is -2.79. The van der Waals surface area contributed by atoms with Crippen molar-refractivity contribution < 1.29 is 9.59 Å². The minimum atomic E-state index is -0.625. The smallest absolute Gasteiger partial charge is 0.253 e. The van der Waals surface area contributed by atoms with Crippen molar-refractivity contribution in [3.63, 3.8) is 0 Å². The van der Waals surface area contributed by atoms with Crippen molar-refractivity contribution in [3.05, 3.63) is 70.4 Å². The number of carbonyl (C=O) groups is 2. The summed E-state index contributed by atoms with van der Waals surface area (Å²) in [5.41, 5.74) is 3.82. The van der Waals surface area contributed by atoms with Gasteiger partial charge in [-0.25, -0.2) is 0 Å². The molecule has 1 atom stereocenters.